The van der Waals surface area contributed by atoms with Crippen molar-refractivity contribution in [3.63, 3.8) is 0 Å². The predicted molar refractivity (Wildman–Crippen MR) is 114 cm³/mol. The van der Waals surface area contributed by atoms with Crippen LogP contribution in [0.2, 0.25) is 0 Å². The Hall–Kier alpha value is -1.56. The van der Waals surface area contributed by atoms with E-state index in [1.807, 2.05) is 6.92 Å². The molecular formula is C21H35N3O2S. The van der Waals surface area contributed by atoms with Crippen LogP contribution in [0.25, 0.3) is 0 Å². The van der Waals surface area contributed by atoms with Crippen molar-refractivity contribution in [2.45, 2.75) is 63.8 Å². The van der Waals surface area contributed by atoms with E-state index in [2.05, 4.69) is 46.8 Å². The highest BCUT2D eigenvalue weighted by Crippen LogP contribution is 2.39. The number of nitrogens with zero attached hydrogens (tertiary/aromatic N) is 1. The fraction of sp³-hybridized carbons (Fsp3) is 0.667. The van der Waals surface area contributed by atoms with E-state index in [-0.39, 0.29) is 17.2 Å². The van der Waals surface area contributed by atoms with Gasteiger partial charge in [-0.3, -0.25) is 4.99 Å². The first kappa shape index (κ1) is 21.7. The third-order valence-electron chi connectivity index (χ3n) is 5.56. The minimum atomic E-state index is -2.94. The van der Waals surface area contributed by atoms with Crippen LogP contribution in [0.3, 0.4) is 0 Å². The van der Waals surface area contributed by atoms with Crippen molar-refractivity contribution in [2.75, 3.05) is 25.6 Å². The van der Waals surface area contributed by atoms with Crippen LogP contribution < -0.4 is 10.6 Å². The summed E-state index contributed by atoms with van der Waals surface area (Å²) in [6.07, 6.45) is 8.04. The maximum absolute atomic E-state index is 11.4. The second-order valence-corrected chi connectivity index (χ2v) is 10.4. The Bertz CT molecular complexity index is 738. The minimum absolute atomic E-state index is 0.0483. The number of hydrogen-bond acceptors (Lipinski definition) is 3. The molecule has 0 bridgehead atoms. The smallest absolute Gasteiger partial charge is 0.191 e. The Kier molecular flexibility index (Phi) is 7.71. The van der Waals surface area contributed by atoms with Crippen LogP contribution in [0.15, 0.2) is 29.3 Å². The molecule has 5 nitrogen and oxygen atoms in total. The number of rotatable bonds is 7. The van der Waals surface area contributed by atoms with E-state index in [0.717, 1.165) is 12.5 Å². The fourth-order valence-electron chi connectivity index (χ4n) is 3.91. The molecule has 1 saturated carbocycles. The van der Waals surface area contributed by atoms with Crippen LogP contribution >= 0.6 is 0 Å². The van der Waals surface area contributed by atoms with Crippen molar-refractivity contribution >= 4 is 15.8 Å². The monoisotopic (exact) mass is 393 g/mol. The van der Waals surface area contributed by atoms with Crippen molar-refractivity contribution in [3.05, 3.63) is 35.4 Å². The molecule has 0 amide bonds. The highest BCUT2D eigenvalue weighted by Gasteiger charge is 2.34. The third kappa shape index (κ3) is 6.83. The molecular weight excluding hydrogens is 358 g/mol. The van der Waals surface area contributed by atoms with Crippen molar-refractivity contribution in [3.8, 4) is 0 Å². The average Bonchev–Trinajstić information content (AvgIpc) is 2.63. The van der Waals surface area contributed by atoms with E-state index in [4.69, 9.17) is 0 Å². The van der Waals surface area contributed by atoms with E-state index < -0.39 is 9.84 Å². The van der Waals surface area contributed by atoms with Gasteiger partial charge < -0.3 is 10.6 Å². The van der Waals surface area contributed by atoms with Gasteiger partial charge in [0.25, 0.3) is 0 Å². The molecule has 27 heavy (non-hydrogen) atoms. The van der Waals surface area contributed by atoms with Crippen molar-refractivity contribution < 1.29 is 8.42 Å². The van der Waals surface area contributed by atoms with Gasteiger partial charge in [-0.1, -0.05) is 49.1 Å². The van der Waals surface area contributed by atoms with Crippen LogP contribution in [0.1, 0.15) is 56.6 Å². The normalized spacial score (nSPS) is 18.7. The van der Waals surface area contributed by atoms with E-state index in [9.17, 15) is 8.42 Å². The molecule has 1 aromatic carbocycles. The van der Waals surface area contributed by atoms with Gasteiger partial charge in [0.2, 0.25) is 0 Å². The first-order valence-corrected chi connectivity index (χ1v) is 12.0. The molecule has 2 N–H and O–H groups in total. The fourth-order valence-corrected chi connectivity index (χ4v) is 4.70. The first-order valence-electron chi connectivity index (χ1n) is 9.96. The van der Waals surface area contributed by atoms with Gasteiger partial charge in [0.15, 0.2) is 5.96 Å². The molecule has 0 saturated heterocycles. The van der Waals surface area contributed by atoms with Crippen LogP contribution in [0, 0.1) is 6.92 Å². The molecule has 0 spiro atoms. The lowest BCUT2D eigenvalue weighted by Crippen LogP contribution is -2.48. The summed E-state index contributed by atoms with van der Waals surface area (Å²) in [6, 6.07) is 8.92. The lowest BCUT2D eigenvalue weighted by molar-refractivity contribution is 0.291. The zero-order chi connectivity index (χ0) is 19.9. The van der Waals surface area contributed by atoms with Crippen molar-refractivity contribution in [1.82, 2.24) is 10.6 Å². The maximum atomic E-state index is 11.4. The van der Waals surface area contributed by atoms with Crippen LogP contribution in [-0.2, 0) is 15.3 Å². The maximum Gasteiger partial charge on any atom is 0.191 e. The van der Waals surface area contributed by atoms with Gasteiger partial charge in [0.05, 0.1) is 5.75 Å². The number of hydrogen-bond donors (Lipinski definition) is 2. The Morgan fingerprint density at radius 3 is 2.56 bits per heavy atom. The summed E-state index contributed by atoms with van der Waals surface area (Å²) in [5, 5.41) is 6.85. The molecule has 2 rings (SSSR count). The summed E-state index contributed by atoms with van der Waals surface area (Å²) in [7, 11) is -1.18. The largest absolute Gasteiger partial charge is 0.356 e. The van der Waals surface area contributed by atoms with E-state index in [1.54, 1.807) is 7.05 Å². The Morgan fingerprint density at radius 1 is 1.26 bits per heavy atom. The predicted octanol–water partition coefficient (Wildman–Crippen LogP) is 3.19. The Morgan fingerprint density at radius 2 is 1.96 bits per heavy atom. The number of aryl methyl sites for hydroxylation is 1. The van der Waals surface area contributed by atoms with E-state index >= 15 is 0 Å². The van der Waals surface area contributed by atoms with Gasteiger partial charge >= 0.3 is 0 Å². The number of nitrogens with one attached hydrogen (secondary N) is 2. The zero-order valence-electron chi connectivity index (χ0n) is 17.2. The quantitative estimate of drug-likeness (QED) is 0.551. The summed E-state index contributed by atoms with van der Waals surface area (Å²) in [6.45, 7) is 4.99. The second kappa shape index (κ2) is 9.58. The van der Waals surface area contributed by atoms with Crippen LogP contribution in [-0.4, -0.2) is 46.0 Å². The lowest BCUT2D eigenvalue weighted by atomic mass is 9.69. The summed E-state index contributed by atoms with van der Waals surface area (Å²) >= 11 is 0. The number of guanidine groups is 1. The molecule has 152 valence electrons. The van der Waals surface area contributed by atoms with Crippen molar-refractivity contribution in [1.29, 1.82) is 0 Å². The summed E-state index contributed by atoms with van der Waals surface area (Å²) in [4.78, 5) is 4.34. The topological polar surface area (TPSA) is 70.6 Å². The highest BCUT2D eigenvalue weighted by molar-refractivity contribution is 7.90. The number of benzene rings is 1. The van der Waals surface area contributed by atoms with Gasteiger partial charge in [0, 0.05) is 31.3 Å². The van der Waals surface area contributed by atoms with Crippen LogP contribution in [0.4, 0.5) is 0 Å². The summed E-state index contributed by atoms with van der Waals surface area (Å²) in [5.41, 5.74) is 2.85. The lowest BCUT2D eigenvalue weighted by Gasteiger charge is -2.39. The molecule has 1 aromatic rings. The first-order chi connectivity index (χ1) is 12.7. The van der Waals surface area contributed by atoms with Crippen molar-refractivity contribution in [2.24, 2.45) is 4.99 Å². The average molecular weight is 394 g/mol. The molecule has 0 aromatic heterocycles. The molecule has 1 unspecified atom stereocenters. The van der Waals surface area contributed by atoms with Gasteiger partial charge in [-0.05, 0) is 38.7 Å². The SMILES string of the molecule is CN=C(NCC1(c2cccc(C)c2)CCCCC1)NC(C)CCS(C)(=O)=O. The van der Waals surface area contributed by atoms with Gasteiger partial charge in [-0.2, -0.15) is 0 Å². The van der Waals surface area contributed by atoms with Gasteiger partial charge in [-0.15, -0.1) is 0 Å². The molecule has 0 heterocycles. The molecule has 6 heteroatoms. The van der Waals surface area contributed by atoms with E-state index in [1.165, 1.54) is 49.5 Å². The molecule has 0 radical (unpaired) electrons. The summed E-state index contributed by atoms with van der Waals surface area (Å²) in [5.74, 6) is 0.930. The molecule has 1 fully saturated rings. The zero-order valence-corrected chi connectivity index (χ0v) is 18.0. The number of sulfone groups is 1. The van der Waals surface area contributed by atoms with E-state index in [0.29, 0.717) is 6.42 Å². The Labute approximate surface area is 165 Å². The number of aliphatic imine (C=N–C) groups is 1. The minimum Gasteiger partial charge on any atom is -0.356 e. The molecule has 1 aliphatic rings. The standard InChI is InChI=1S/C21H35N3O2S/c1-17-9-8-10-19(15-17)21(12-6-5-7-13-21)16-23-20(22-3)24-18(2)11-14-27(4,25)26/h8-10,15,18H,5-7,11-14,16H2,1-4H3,(H2,22,23,24). The molecule has 0 aliphatic heterocycles. The van der Waals surface area contributed by atoms with Gasteiger partial charge in [-0.25, -0.2) is 8.42 Å². The molecule has 1 atom stereocenters. The Balaban J connectivity index is 2.03. The summed E-state index contributed by atoms with van der Waals surface area (Å²) < 4.78 is 22.8. The highest BCUT2D eigenvalue weighted by atomic mass is 32.2. The van der Waals surface area contributed by atoms with Gasteiger partial charge in [0.1, 0.15) is 9.84 Å². The second-order valence-electron chi connectivity index (χ2n) is 8.10. The molecule has 1 aliphatic carbocycles. The third-order valence-corrected chi connectivity index (χ3v) is 6.54. The van der Waals surface area contributed by atoms with Crippen LogP contribution in [0.5, 0.6) is 0 Å².